The van der Waals surface area contributed by atoms with E-state index in [4.69, 9.17) is 14.4 Å². The molecule has 0 radical (unpaired) electrons. The zero-order valence-corrected chi connectivity index (χ0v) is 21.8. The number of carbonyl (C=O) groups excluding carboxylic acids is 1. The summed E-state index contributed by atoms with van der Waals surface area (Å²) < 4.78 is 11.2. The van der Waals surface area contributed by atoms with Gasteiger partial charge in [-0.05, 0) is 69.0 Å². The van der Waals surface area contributed by atoms with Gasteiger partial charge >= 0.3 is 0 Å². The Hall–Kier alpha value is -3.78. The predicted octanol–water partition coefficient (Wildman–Crippen LogP) is 2.32. The minimum absolute atomic E-state index is 0.0477. The third kappa shape index (κ3) is 6.55. The van der Waals surface area contributed by atoms with Crippen LogP contribution in [0.15, 0.2) is 40.9 Å². The van der Waals surface area contributed by atoms with Crippen molar-refractivity contribution in [1.82, 2.24) is 20.4 Å². The van der Waals surface area contributed by atoms with E-state index in [1.165, 1.54) is 5.56 Å². The molecule has 2 heterocycles. The molecule has 3 aromatic rings. The summed E-state index contributed by atoms with van der Waals surface area (Å²) >= 11 is 0. The standard InChI is InChI=1S/C28H33N5O5/c1-17(2)37-25-7-6-22(13-23(25)14-29)28-31-26(32-38-28)21-5-4-19-8-10-33(11-9-20(19)12-21)15-24(35)27(36)30-18(3)16-34/h4-7,12-13,17-18,24,34-35H,8-11,15-16H2,1-3H3,(H,30,36). The fraction of sp³-hybridized carbons (Fsp3) is 0.429. The van der Waals surface area contributed by atoms with Crippen molar-refractivity contribution in [3.63, 3.8) is 0 Å². The van der Waals surface area contributed by atoms with Crippen LogP contribution in [-0.2, 0) is 17.6 Å². The maximum absolute atomic E-state index is 12.1. The third-order valence-corrected chi connectivity index (χ3v) is 6.39. The van der Waals surface area contributed by atoms with Gasteiger partial charge in [0.05, 0.1) is 18.3 Å². The van der Waals surface area contributed by atoms with E-state index in [1.54, 1.807) is 25.1 Å². The van der Waals surface area contributed by atoms with Crippen LogP contribution in [0.1, 0.15) is 37.5 Å². The zero-order valence-electron chi connectivity index (χ0n) is 21.8. The van der Waals surface area contributed by atoms with Crippen LogP contribution in [0.25, 0.3) is 22.8 Å². The minimum Gasteiger partial charge on any atom is -0.490 e. The van der Waals surface area contributed by atoms with E-state index in [0.29, 0.717) is 35.1 Å². The second kappa shape index (κ2) is 12.2. The smallest absolute Gasteiger partial charge is 0.258 e. The van der Waals surface area contributed by atoms with Crippen LogP contribution < -0.4 is 10.1 Å². The van der Waals surface area contributed by atoms with Crippen LogP contribution in [0.5, 0.6) is 5.75 Å². The third-order valence-electron chi connectivity index (χ3n) is 6.39. The van der Waals surface area contributed by atoms with Gasteiger partial charge < -0.3 is 24.8 Å². The molecule has 200 valence electrons. The number of nitrogens with one attached hydrogen (secondary N) is 1. The maximum atomic E-state index is 12.1. The van der Waals surface area contributed by atoms with Crippen molar-refractivity contribution in [3.05, 3.63) is 53.1 Å². The first kappa shape index (κ1) is 27.3. The number of hydrogen-bond acceptors (Lipinski definition) is 9. The van der Waals surface area contributed by atoms with Crippen LogP contribution >= 0.6 is 0 Å². The summed E-state index contributed by atoms with van der Waals surface area (Å²) in [6, 6.07) is 13.0. The molecule has 1 aliphatic rings. The van der Waals surface area contributed by atoms with Gasteiger partial charge in [-0.2, -0.15) is 10.2 Å². The maximum Gasteiger partial charge on any atom is 0.258 e. The molecule has 0 saturated heterocycles. The van der Waals surface area contributed by atoms with Crippen molar-refractivity contribution < 1.29 is 24.3 Å². The summed E-state index contributed by atoms with van der Waals surface area (Å²) in [4.78, 5) is 18.8. The number of nitriles is 1. The largest absolute Gasteiger partial charge is 0.490 e. The van der Waals surface area contributed by atoms with Gasteiger partial charge in [0.2, 0.25) is 11.7 Å². The number of amides is 1. The second-order valence-corrected chi connectivity index (χ2v) is 9.80. The SMILES string of the molecule is CC(CO)NC(=O)C(O)CN1CCc2ccc(-c3noc(-c4ccc(OC(C)C)c(C#N)c4)n3)cc2CC1. The lowest BCUT2D eigenvalue weighted by Gasteiger charge is -2.23. The summed E-state index contributed by atoms with van der Waals surface area (Å²) in [5.74, 6) is 0.803. The summed E-state index contributed by atoms with van der Waals surface area (Å²) in [6.45, 7) is 6.94. The lowest BCUT2D eigenvalue weighted by atomic mass is 10.00. The topological polar surface area (TPSA) is 145 Å². The van der Waals surface area contributed by atoms with Gasteiger partial charge in [0.1, 0.15) is 17.9 Å². The van der Waals surface area contributed by atoms with Crippen molar-refractivity contribution in [2.75, 3.05) is 26.2 Å². The fourth-order valence-corrected chi connectivity index (χ4v) is 4.37. The van der Waals surface area contributed by atoms with E-state index in [9.17, 15) is 15.2 Å². The molecule has 1 aromatic heterocycles. The molecule has 2 atom stereocenters. The van der Waals surface area contributed by atoms with E-state index in [0.717, 1.165) is 30.5 Å². The van der Waals surface area contributed by atoms with Gasteiger partial charge in [0.25, 0.3) is 5.89 Å². The Morgan fingerprint density at radius 3 is 2.61 bits per heavy atom. The van der Waals surface area contributed by atoms with Crippen LogP contribution in [0, 0.1) is 11.3 Å². The number of β-amino-alcohol motifs (C(OH)–C–C–N with tert-alkyl or cyclic N) is 1. The molecule has 3 N–H and O–H groups in total. The Morgan fingerprint density at radius 1 is 1.16 bits per heavy atom. The number of nitrogens with zero attached hydrogens (tertiary/aromatic N) is 4. The molecule has 1 aliphatic heterocycles. The first-order chi connectivity index (χ1) is 18.3. The highest BCUT2D eigenvalue weighted by molar-refractivity contribution is 5.81. The van der Waals surface area contributed by atoms with Crippen molar-refractivity contribution in [2.24, 2.45) is 0 Å². The van der Waals surface area contributed by atoms with E-state index in [-0.39, 0.29) is 19.3 Å². The molecule has 2 unspecified atom stereocenters. The second-order valence-electron chi connectivity index (χ2n) is 9.80. The van der Waals surface area contributed by atoms with Gasteiger partial charge in [-0.15, -0.1) is 0 Å². The average molecular weight is 520 g/mol. The van der Waals surface area contributed by atoms with E-state index < -0.39 is 18.1 Å². The highest BCUT2D eigenvalue weighted by Crippen LogP contribution is 2.29. The number of aromatic nitrogens is 2. The van der Waals surface area contributed by atoms with Crippen molar-refractivity contribution in [2.45, 2.75) is 51.9 Å². The highest BCUT2D eigenvalue weighted by Gasteiger charge is 2.23. The molecule has 2 aromatic carbocycles. The number of aliphatic hydroxyl groups excluding tert-OH is 2. The molecule has 10 nitrogen and oxygen atoms in total. The lowest BCUT2D eigenvalue weighted by Crippen LogP contribution is -2.47. The number of aliphatic hydroxyl groups is 2. The van der Waals surface area contributed by atoms with Crippen LogP contribution in [0.3, 0.4) is 0 Å². The molecule has 0 fully saturated rings. The number of ether oxygens (including phenoxy) is 1. The normalized spacial score (nSPS) is 15.3. The summed E-state index contributed by atoms with van der Waals surface area (Å²) in [5.41, 5.74) is 4.22. The predicted molar refractivity (Wildman–Crippen MR) is 140 cm³/mol. The summed E-state index contributed by atoms with van der Waals surface area (Å²) in [5, 5.41) is 35.7. The Kier molecular flexibility index (Phi) is 8.73. The Balaban J connectivity index is 1.44. The van der Waals surface area contributed by atoms with Crippen LogP contribution in [0.2, 0.25) is 0 Å². The molecule has 38 heavy (non-hydrogen) atoms. The monoisotopic (exact) mass is 519 g/mol. The summed E-state index contributed by atoms with van der Waals surface area (Å²) in [7, 11) is 0. The first-order valence-electron chi connectivity index (χ1n) is 12.8. The van der Waals surface area contributed by atoms with Gasteiger partial charge in [0.15, 0.2) is 0 Å². The number of benzene rings is 2. The van der Waals surface area contributed by atoms with Gasteiger partial charge in [0, 0.05) is 36.8 Å². The van der Waals surface area contributed by atoms with Crippen molar-refractivity contribution in [3.8, 4) is 34.7 Å². The van der Waals surface area contributed by atoms with Crippen LogP contribution in [0.4, 0.5) is 0 Å². The zero-order chi connectivity index (χ0) is 27.2. The van der Waals surface area contributed by atoms with E-state index in [1.807, 2.05) is 19.9 Å². The molecular weight excluding hydrogens is 486 g/mol. The Morgan fingerprint density at radius 2 is 1.89 bits per heavy atom. The molecular formula is C28H33N5O5. The van der Waals surface area contributed by atoms with Gasteiger partial charge in [-0.25, -0.2) is 0 Å². The lowest BCUT2D eigenvalue weighted by molar-refractivity contribution is -0.131. The van der Waals surface area contributed by atoms with Crippen LogP contribution in [-0.4, -0.2) is 75.7 Å². The fourth-order valence-electron chi connectivity index (χ4n) is 4.37. The average Bonchev–Trinajstić information content (AvgIpc) is 3.31. The first-order valence-corrected chi connectivity index (χ1v) is 12.8. The number of fused-ring (bicyclic) bond motifs is 1. The Bertz CT molecular complexity index is 1320. The molecule has 0 aliphatic carbocycles. The van der Waals surface area contributed by atoms with E-state index in [2.05, 4.69) is 38.6 Å². The van der Waals surface area contributed by atoms with Gasteiger partial charge in [-0.3, -0.25) is 9.69 Å². The van der Waals surface area contributed by atoms with Gasteiger partial charge in [-0.1, -0.05) is 17.3 Å². The number of hydrogen-bond donors (Lipinski definition) is 3. The van der Waals surface area contributed by atoms with Crippen molar-refractivity contribution in [1.29, 1.82) is 5.26 Å². The Labute approximate surface area is 221 Å². The quantitative estimate of drug-likeness (QED) is 0.388. The molecule has 0 bridgehead atoms. The molecule has 0 spiro atoms. The molecule has 10 heteroatoms. The van der Waals surface area contributed by atoms with Crippen molar-refractivity contribution >= 4 is 5.91 Å². The number of carbonyl (C=O) groups is 1. The highest BCUT2D eigenvalue weighted by atomic mass is 16.5. The molecule has 1 amide bonds. The minimum atomic E-state index is -1.16. The summed E-state index contributed by atoms with van der Waals surface area (Å²) in [6.07, 6.45) is 0.327. The van der Waals surface area contributed by atoms with E-state index >= 15 is 0 Å². The molecule has 4 rings (SSSR count). The molecule has 0 saturated carbocycles. The number of rotatable bonds is 9.